The molecule has 18 heavy (non-hydrogen) atoms. The number of ether oxygens (including phenoxy) is 1. The third-order valence-electron chi connectivity index (χ3n) is 1.67. The maximum Gasteiger partial charge on any atom is 0.360 e. The van der Waals surface area contributed by atoms with Gasteiger partial charge in [-0.2, -0.15) is 4.98 Å². The van der Waals surface area contributed by atoms with Gasteiger partial charge < -0.3 is 9.15 Å². The predicted molar refractivity (Wildman–Crippen MR) is 63.8 cm³/mol. The summed E-state index contributed by atoms with van der Waals surface area (Å²) >= 11 is 0. The molecule has 1 rings (SSSR count). The standard InChI is InChI=1S/C8H12N2O6S2/c1-4-15-7(11)6-5-16-8(9-6)10(17(2)12)18(3,13)14/h5H,4H2,1-3H3. The molecule has 1 unspecified atom stereocenters. The Balaban J connectivity index is 3.10. The quantitative estimate of drug-likeness (QED) is 0.699. The van der Waals surface area contributed by atoms with E-state index in [-0.39, 0.29) is 12.3 Å². The van der Waals surface area contributed by atoms with Crippen LogP contribution in [0.15, 0.2) is 10.7 Å². The van der Waals surface area contributed by atoms with Crippen LogP contribution in [0.2, 0.25) is 0 Å². The second-order valence-corrected chi connectivity index (χ2v) is 6.42. The van der Waals surface area contributed by atoms with Crippen LogP contribution in [0.5, 0.6) is 0 Å². The van der Waals surface area contributed by atoms with Gasteiger partial charge in [-0.05, 0) is 6.92 Å². The highest BCUT2D eigenvalue weighted by Gasteiger charge is 2.27. The first-order valence-electron chi connectivity index (χ1n) is 4.73. The van der Waals surface area contributed by atoms with Crippen molar-refractivity contribution in [3.8, 4) is 0 Å². The Kier molecular flexibility index (Phi) is 4.46. The molecule has 0 saturated heterocycles. The third-order valence-corrected chi connectivity index (χ3v) is 4.49. The minimum absolute atomic E-state index is 0.149. The van der Waals surface area contributed by atoms with Gasteiger partial charge in [0.2, 0.25) is 10.0 Å². The number of carbonyl (C=O) groups excluding carboxylic acids is 1. The van der Waals surface area contributed by atoms with Gasteiger partial charge in [0, 0.05) is 6.26 Å². The van der Waals surface area contributed by atoms with Crippen LogP contribution < -0.4 is 3.71 Å². The molecule has 8 nitrogen and oxygen atoms in total. The van der Waals surface area contributed by atoms with Crippen molar-refractivity contribution in [3.05, 3.63) is 12.0 Å². The van der Waals surface area contributed by atoms with Gasteiger partial charge in [0.15, 0.2) is 5.69 Å². The zero-order valence-electron chi connectivity index (χ0n) is 9.94. The summed E-state index contributed by atoms with van der Waals surface area (Å²) in [6, 6.07) is -0.443. The summed E-state index contributed by atoms with van der Waals surface area (Å²) in [4.78, 5) is 14.9. The molecule has 0 aliphatic heterocycles. The van der Waals surface area contributed by atoms with Crippen LogP contribution in [-0.2, 0) is 25.7 Å². The van der Waals surface area contributed by atoms with E-state index in [1.54, 1.807) is 6.92 Å². The number of hydrogen-bond donors (Lipinski definition) is 0. The summed E-state index contributed by atoms with van der Waals surface area (Å²) < 4.78 is 44.1. The molecule has 10 heteroatoms. The fraction of sp³-hybridized carbons (Fsp3) is 0.500. The minimum atomic E-state index is -3.82. The second-order valence-electron chi connectivity index (χ2n) is 3.15. The number of anilines is 1. The SMILES string of the molecule is CCOC(=O)c1coc(N(S(C)=O)S(C)(=O)=O)n1. The predicted octanol–water partition coefficient (Wildman–Crippen LogP) is -0.0892. The number of aromatic nitrogens is 1. The number of carbonyl (C=O) groups is 1. The van der Waals surface area contributed by atoms with Gasteiger partial charge in [-0.1, -0.05) is 0 Å². The van der Waals surface area contributed by atoms with Crippen molar-refractivity contribution < 1.29 is 26.6 Å². The average Bonchev–Trinajstić information content (AvgIpc) is 2.64. The minimum Gasteiger partial charge on any atom is -0.461 e. The third kappa shape index (κ3) is 3.29. The van der Waals surface area contributed by atoms with Crippen molar-refractivity contribution >= 4 is 33.0 Å². The molecule has 0 amide bonds. The van der Waals surface area contributed by atoms with Crippen molar-refractivity contribution in [2.24, 2.45) is 0 Å². The monoisotopic (exact) mass is 296 g/mol. The molecule has 1 aromatic heterocycles. The highest BCUT2D eigenvalue weighted by molar-refractivity contribution is 8.06. The van der Waals surface area contributed by atoms with E-state index in [1.165, 1.54) is 0 Å². The number of esters is 1. The Morgan fingerprint density at radius 1 is 1.61 bits per heavy atom. The Morgan fingerprint density at radius 3 is 2.67 bits per heavy atom. The topological polar surface area (TPSA) is 107 Å². The second kappa shape index (κ2) is 5.48. The Bertz CT molecular complexity index is 564. The highest BCUT2D eigenvalue weighted by atomic mass is 32.3. The largest absolute Gasteiger partial charge is 0.461 e. The van der Waals surface area contributed by atoms with Gasteiger partial charge in [0.1, 0.15) is 17.2 Å². The Morgan fingerprint density at radius 2 is 2.22 bits per heavy atom. The zero-order chi connectivity index (χ0) is 13.9. The van der Waals surface area contributed by atoms with Gasteiger partial charge in [0.25, 0.3) is 0 Å². The van der Waals surface area contributed by atoms with E-state index in [1.807, 2.05) is 0 Å². The maximum atomic E-state index is 11.4. The summed E-state index contributed by atoms with van der Waals surface area (Å²) in [6.45, 7) is 1.76. The Labute approximate surface area is 107 Å². The van der Waals surface area contributed by atoms with E-state index in [0.29, 0.717) is 3.71 Å². The molecule has 0 bridgehead atoms. The average molecular weight is 296 g/mol. The van der Waals surface area contributed by atoms with Crippen LogP contribution in [0.1, 0.15) is 17.4 Å². The van der Waals surface area contributed by atoms with Crippen molar-refractivity contribution in [3.63, 3.8) is 0 Å². The molecule has 0 spiro atoms. The first-order chi connectivity index (χ1) is 8.27. The lowest BCUT2D eigenvalue weighted by atomic mass is 10.5. The van der Waals surface area contributed by atoms with Crippen LogP contribution in [-0.4, -0.2) is 42.7 Å². The van der Waals surface area contributed by atoms with Crippen LogP contribution in [0.4, 0.5) is 6.01 Å². The first kappa shape index (κ1) is 14.6. The van der Waals surface area contributed by atoms with Gasteiger partial charge in [-0.15, -0.1) is 3.71 Å². The van der Waals surface area contributed by atoms with Gasteiger partial charge in [-0.3, -0.25) is 0 Å². The lowest BCUT2D eigenvalue weighted by Crippen LogP contribution is -2.31. The smallest absolute Gasteiger partial charge is 0.360 e. The van der Waals surface area contributed by atoms with E-state index in [4.69, 9.17) is 4.42 Å². The number of rotatable bonds is 5. The summed E-state index contributed by atoms with van der Waals surface area (Å²) in [5, 5.41) is 0. The van der Waals surface area contributed by atoms with Crippen molar-refractivity contribution in [1.82, 2.24) is 4.98 Å². The maximum absolute atomic E-state index is 11.4. The lowest BCUT2D eigenvalue weighted by molar-refractivity contribution is 0.0519. The zero-order valence-corrected chi connectivity index (χ0v) is 11.6. The molecular weight excluding hydrogens is 284 g/mol. The van der Waals surface area contributed by atoms with Crippen LogP contribution in [0, 0.1) is 0 Å². The number of hydrogen-bond acceptors (Lipinski definition) is 7. The van der Waals surface area contributed by atoms with Gasteiger partial charge in [-0.25, -0.2) is 17.4 Å². The van der Waals surface area contributed by atoms with Gasteiger partial charge >= 0.3 is 12.0 Å². The molecule has 1 atom stereocenters. The summed E-state index contributed by atoms with van der Waals surface area (Å²) in [5.74, 6) is -0.747. The molecule has 1 heterocycles. The number of sulfonamides is 1. The molecule has 102 valence electrons. The number of oxazole rings is 1. The molecule has 0 aliphatic carbocycles. The van der Waals surface area contributed by atoms with Crippen LogP contribution in [0.25, 0.3) is 0 Å². The lowest BCUT2D eigenvalue weighted by Gasteiger charge is -2.13. The van der Waals surface area contributed by atoms with E-state index < -0.39 is 33.0 Å². The van der Waals surface area contributed by atoms with Crippen molar-refractivity contribution in [1.29, 1.82) is 0 Å². The number of nitrogens with zero attached hydrogens (tertiary/aromatic N) is 2. The van der Waals surface area contributed by atoms with Crippen LogP contribution in [0.3, 0.4) is 0 Å². The molecule has 0 aromatic carbocycles. The summed E-state index contributed by atoms with van der Waals surface area (Å²) in [7, 11) is -5.71. The highest BCUT2D eigenvalue weighted by Crippen LogP contribution is 2.18. The van der Waals surface area contributed by atoms with E-state index >= 15 is 0 Å². The van der Waals surface area contributed by atoms with E-state index in [9.17, 15) is 17.4 Å². The van der Waals surface area contributed by atoms with Crippen molar-refractivity contribution in [2.45, 2.75) is 6.92 Å². The Hall–Kier alpha value is -1.42. The molecule has 0 N–H and O–H groups in total. The first-order valence-corrected chi connectivity index (χ1v) is 8.10. The van der Waals surface area contributed by atoms with E-state index in [0.717, 1.165) is 18.8 Å². The van der Waals surface area contributed by atoms with E-state index in [2.05, 4.69) is 9.72 Å². The fourth-order valence-corrected chi connectivity index (χ4v) is 3.29. The molecule has 0 fully saturated rings. The van der Waals surface area contributed by atoms with Crippen LogP contribution >= 0.6 is 0 Å². The summed E-state index contributed by atoms with van der Waals surface area (Å²) in [5.41, 5.74) is -0.189. The molecule has 0 saturated carbocycles. The normalized spacial score (nSPS) is 13.1. The fourth-order valence-electron chi connectivity index (χ4n) is 1.09. The van der Waals surface area contributed by atoms with Gasteiger partial charge in [0.05, 0.1) is 12.9 Å². The van der Waals surface area contributed by atoms with Crippen molar-refractivity contribution in [2.75, 3.05) is 22.8 Å². The summed E-state index contributed by atoms with van der Waals surface area (Å²) in [6.07, 6.45) is 2.94. The molecule has 1 aromatic rings. The molecule has 0 radical (unpaired) electrons. The molecular formula is C8H12N2O6S2. The molecule has 0 aliphatic rings.